The third-order valence-electron chi connectivity index (χ3n) is 2.53. The van der Waals surface area contributed by atoms with Gasteiger partial charge in [0.1, 0.15) is 0 Å². The minimum Gasteiger partial charge on any atom is -0.462 e. The van der Waals surface area contributed by atoms with Crippen molar-refractivity contribution in [2.75, 3.05) is 18.1 Å². The van der Waals surface area contributed by atoms with E-state index < -0.39 is 0 Å². The topological polar surface area (TPSA) is 52.3 Å². The highest BCUT2D eigenvalue weighted by molar-refractivity contribution is 7.99. The van der Waals surface area contributed by atoms with E-state index in [0.29, 0.717) is 17.9 Å². The molecule has 1 aromatic rings. The van der Waals surface area contributed by atoms with Gasteiger partial charge in [-0.2, -0.15) is 0 Å². The van der Waals surface area contributed by atoms with Gasteiger partial charge in [-0.15, -0.1) is 11.8 Å². The zero-order valence-corrected chi connectivity index (χ0v) is 11.9. The molecule has 1 rings (SSSR count). The molecule has 0 spiro atoms. The first-order valence-corrected chi connectivity index (χ1v) is 7.37. The maximum absolute atomic E-state index is 11.5. The van der Waals surface area contributed by atoms with Gasteiger partial charge in [-0.25, -0.2) is 4.79 Å². The molecule has 0 unspecified atom stereocenters. The van der Waals surface area contributed by atoms with Gasteiger partial charge in [0.25, 0.3) is 0 Å². The first kappa shape index (κ1) is 14.9. The van der Waals surface area contributed by atoms with Crippen LogP contribution in [0.2, 0.25) is 0 Å². The monoisotopic (exact) mass is 267 g/mol. The summed E-state index contributed by atoms with van der Waals surface area (Å²) in [5.74, 6) is 0.753. The van der Waals surface area contributed by atoms with Crippen molar-refractivity contribution in [3.8, 4) is 0 Å². The zero-order chi connectivity index (χ0) is 13.4. The minimum absolute atomic E-state index is 0.313. The Labute approximate surface area is 113 Å². The zero-order valence-electron chi connectivity index (χ0n) is 11.1. The number of nitrogen functional groups attached to an aromatic ring is 1. The number of ether oxygens (including phenoxy) is 1. The molecule has 0 amide bonds. The van der Waals surface area contributed by atoms with Crippen LogP contribution in [-0.2, 0) is 4.74 Å². The Hall–Kier alpha value is -1.16. The molecule has 0 heterocycles. The molecule has 0 aliphatic rings. The van der Waals surface area contributed by atoms with Crippen molar-refractivity contribution in [3.63, 3.8) is 0 Å². The summed E-state index contributed by atoms with van der Waals surface area (Å²) >= 11 is 1.74. The van der Waals surface area contributed by atoms with Gasteiger partial charge in [0, 0.05) is 10.6 Å². The molecule has 0 radical (unpaired) electrons. The van der Waals surface area contributed by atoms with Gasteiger partial charge >= 0.3 is 5.97 Å². The van der Waals surface area contributed by atoms with Crippen LogP contribution in [0, 0.1) is 0 Å². The van der Waals surface area contributed by atoms with Crippen LogP contribution in [0.15, 0.2) is 23.1 Å². The van der Waals surface area contributed by atoms with Crippen LogP contribution >= 0.6 is 11.8 Å². The van der Waals surface area contributed by atoms with E-state index in [1.54, 1.807) is 30.8 Å². The van der Waals surface area contributed by atoms with Crippen LogP contribution < -0.4 is 5.73 Å². The van der Waals surface area contributed by atoms with Crippen molar-refractivity contribution in [2.24, 2.45) is 0 Å². The molecule has 3 nitrogen and oxygen atoms in total. The van der Waals surface area contributed by atoms with Gasteiger partial charge < -0.3 is 10.5 Å². The number of rotatable bonds is 7. The van der Waals surface area contributed by atoms with Crippen LogP contribution in [0.1, 0.15) is 43.5 Å². The number of hydrogen-bond acceptors (Lipinski definition) is 4. The molecular weight excluding hydrogens is 246 g/mol. The first-order chi connectivity index (χ1) is 8.69. The molecule has 1 aromatic carbocycles. The fourth-order valence-corrected chi connectivity index (χ4v) is 2.51. The lowest BCUT2D eigenvalue weighted by Crippen LogP contribution is -2.05. The van der Waals surface area contributed by atoms with Crippen molar-refractivity contribution in [3.05, 3.63) is 23.8 Å². The third-order valence-corrected chi connectivity index (χ3v) is 3.70. The van der Waals surface area contributed by atoms with Crippen LogP contribution in [0.25, 0.3) is 0 Å². The van der Waals surface area contributed by atoms with E-state index in [-0.39, 0.29) is 5.97 Å². The van der Waals surface area contributed by atoms with Crippen molar-refractivity contribution < 1.29 is 9.53 Å². The molecule has 4 heteroatoms. The predicted molar refractivity (Wildman–Crippen MR) is 77.1 cm³/mol. The number of esters is 1. The highest BCUT2D eigenvalue weighted by Crippen LogP contribution is 2.27. The summed E-state index contributed by atoms with van der Waals surface area (Å²) < 4.78 is 4.93. The maximum Gasteiger partial charge on any atom is 0.338 e. The van der Waals surface area contributed by atoms with E-state index in [1.807, 2.05) is 6.07 Å². The molecule has 0 atom stereocenters. The largest absolute Gasteiger partial charge is 0.462 e. The molecule has 0 aromatic heterocycles. The van der Waals surface area contributed by atoms with Crippen LogP contribution in [0.3, 0.4) is 0 Å². The van der Waals surface area contributed by atoms with Crippen LogP contribution in [0.4, 0.5) is 5.69 Å². The lowest BCUT2D eigenvalue weighted by atomic mass is 10.2. The number of carbonyl (C=O) groups is 1. The summed E-state index contributed by atoms with van der Waals surface area (Å²) in [6.45, 7) is 4.36. The first-order valence-electron chi connectivity index (χ1n) is 6.38. The number of anilines is 1. The SMILES string of the molecule is CCCCCSc1ccc(C(=O)OCC)cc1N. The number of unbranched alkanes of at least 4 members (excludes halogenated alkanes) is 2. The van der Waals surface area contributed by atoms with Gasteiger partial charge in [-0.05, 0) is 37.3 Å². The molecule has 2 N–H and O–H groups in total. The second-order valence-corrected chi connectivity index (χ2v) is 5.17. The van der Waals surface area contributed by atoms with E-state index in [0.717, 1.165) is 10.6 Å². The van der Waals surface area contributed by atoms with Gasteiger partial charge in [0.05, 0.1) is 12.2 Å². The lowest BCUT2D eigenvalue weighted by Gasteiger charge is -2.07. The van der Waals surface area contributed by atoms with Crippen molar-refractivity contribution in [1.29, 1.82) is 0 Å². The molecule has 0 fully saturated rings. The Kier molecular flexibility index (Phi) is 6.65. The predicted octanol–water partition coefficient (Wildman–Crippen LogP) is 3.73. The molecule has 0 aliphatic heterocycles. The number of thioether (sulfide) groups is 1. The number of hydrogen-bond donors (Lipinski definition) is 1. The molecule has 0 bridgehead atoms. The second-order valence-electron chi connectivity index (χ2n) is 4.03. The Morgan fingerprint density at radius 1 is 1.33 bits per heavy atom. The molecule has 18 heavy (non-hydrogen) atoms. The van der Waals surface area contributed by atoms with Crippen molar-refractivity contribution in [1.82, 2.24) is 0 Å². The second kappa shape index (κ2) is 8.03. The smallest absolute Gasteiger partial charge is 0.338 e. The summed E-state index contributed by atoms with van der Waals surface area (Å²) in [5, 5.41) is 0. The summed E-state index contributed by atoms with van der Waals surface area (Å²) in [6, 6.07) is 5.37. The highest BCUT2D eigenvalue weighted by atomic mass is 32.2. The van der Waals surface area contributed by atoms with E-state index in [1.165, 1.54) is 19.3 Å². The molecule has 0 saturated heterocycles. The average Bonchev–Trinajstić information content (AvgIpc) is 2.36. The highest BCUT2D eigenvalue weighted by Gasteiger charge is 2.08. The summed E-state index contributed by atoms with van der Waals surface area (Å²) in [7, 11) is 0. The lowest BCUT2D eigenvalue weighted by molar-refractivity contribution is 0.0526. The molecule has 100 valence electrons. The van der Waals surface area contributed by atoms with Crippen LogP contribution in [-0.4, -0.2) is 18.3 Å². The number of nitrogens with two attached hydrogens (primary N) is 1. The molecule has 0 saturated carbocycles. The Bertz CT molecular complexity index is 393. The van der Waals surface area contributed by atoms with E-state index in [2.05, 4.69) is 6.92 Å². The van der Waals surface area contributed by atoms with E-state index in [9.17, 15) is 4.79 Å². The minimum atomic E-state index is -0.313. The van der Waals surface area contributed by atoms with Crippen molar-refractivity contribution >= 4 is 23.4 Å². The summed E-state index contributed by atoms with van der Waals surface area (Å²) in [5.41, 5.74) is 7.12. The van der Waals surface area contributed by atoms with Crippen LogP contribution in [0.5, 0.6) is 0 Å². The summed E-state index contributed by atoms with van der Waals surface area (Å²) in [4.78, 5) is 12.6. The fraction of sp³-hybridized carbons (Fsp3) is 0.500. The van der Waals surface area contributed by atoms with Gasteiger partial charge in [0.2, 0.25) is 0 Å². The quantitative estimate of drug-likeness (QED) is 0.354. The van der Waals surface area contributed by atoms with E-state index >= 15 is 0 Å². The normalized spacial score (nSPS) is 10.3. The summed E-state index contributed by atoms with van der Waals surface area (Å²) in [6.07, 6.45) is 3.66. The molecule has 0 aliphatic carbocycles. The Balaban J connectivity index is 2.59. The maximum atomic E-state index is 11.5. The van der Waals surface area contributed by atoms with Gasteiger partial charge in [-0.1, -0.05) is 19.8 Å². The Morgan fingerprint density at radius 2 is 2.11 bits per heavy atom. The van der Waals surface area contributed by atoms with E-state index in [4.69, 9.17) is 10.5 Å². The van der Waals surface area contributed by atoms with Gasteiger partial charge in [-0.3, -0.25) is 0 Å². The van der Waals surface area contributed by atoms with Gasteiger partial charge in [0.15, 0.2) is 0 Å². The fourth-order valence-electron chi connectivity index (χ4n) is 1.56. The third kappa shape index (κ3) is 4.61. The average molecular weight is 267 g/mol. The molecular formula is C14H21NO2S. The standard InChI is InChI=1S/C14H21NO2S/c1-3-5-6-9-18-13-8-7-11(10-12(13)15)14(16)17-4-2/h7-8,10H,3-6,9,15H2,1-2H3. The number of carbonyl (C=O) groups excluding carboxylic acids is 1. The number of benzene rings is 1. The Morgan fingerprint density at radius 3 is 2.72 bits per heavy atom. The van der Waals surface area contributed by atoms with Crippen molar-refractivity contribution in [2.45, 2.75) is 38.0 Å².